The molecular formula is C17H36N2O5Si. The Kier molecular flexibility index (Phi) is 12.8. The summed E-state index contributed by atoms with van der Waals surface area (Å²) in [4.78, 5) is 23.6. The SMILES string of the molecule is CCO[Si](CCCNC(=O)[C@H](CC(C)C)NC(C)=O)(OCC)OCC. The minimum atomic E-state index is -2.67. The van der Waals surface area contributed by atoms with E-state index in [4.69, 9.17) is 13.3 Å². The van der Waals surface area contributed by atoms with Gasteiger partial charge < -0.3 is 23.9 Å². The van der Waals surface area contributed by atoms with Gasteiger partial charge in [0.1, 0.15) is 6.04 Å². The van der Waals surface area contributed by atoms with Gasteiger partial charge in [0.25, 0.3) is 0 Å². The molecule has 0 fully saturated rings. The summed E-state index contributed by atoms with van der Waals surface area (Å²) in [6, 6.07) is 0.155. The second kappa shape index (κ2) is 13.3. The number of nitrogens with one attached hydrogen (secondary N) is 2. The second-order valence-electron chi connectivity index (χ2n) is 6.26. The van der Waals surface area contributed by atoms with Crippen LogP contribution in [0.5, 0.6) is 0 Å². The van der Waals surface area contributed by atoms with E-state index < -0.39 is 14.8 Å². The molecule has 0 aliphatic heterocycles. The second-order valence-corrected chi connectivity index (χ2v) is 8.99. The smallest absolute Gasteiger partial charge is 0.374 e. The van der Waals surface area contributed by atoms with Crippen molar-refractivity contribution >= 4 is 20.6 Å². The molecule has 0 aromatic carbocycles. The van der Waals surface area contributed by atoms with Crippen LogP contribution in [0.3, 0.4) is 0 Å². The Hall–Kier alpha value is -0.963. The van der Waals surface area contributed by atoms with Crippen LogP contribution in [0.1, 0.15) is 54.4 Å². The van der Waals surface area contributed by atoms with Gasteiger partial charge >= 0.3 is 8.80 Å². The minimum Gasteiger partial charge on any atom is -0.374 e. The lowest BCUT2D eigenvalue weighted by atomic mass is 10.0. The van der Waals surface area contributed by atoms with Crippen molar-refractivity contribution in [1.82, 2.24) is 10.6 Å². The molecule has 7 nitrogen and oxygen atoms in total. The monoisotopic (exact) mass is 376 g/mol. The van der Waals surface area contributed by atoms with E-state index in [0.29, 0.717) is 51.2 Å². The van der Waals surface area contributed by atoms with Crippen LogP contribution in [0.15, 0.2) is 0 Å². The molecule has 2 N–H and O–H groups in total. The molecule has 25 heavy (non-hydrogen) atoms. The zero-order chi connectivity index (χ0) is 19.3. The average Bonchev–Trinajstić information content (AvgIpc) is 2.50. The van der Waals surface area contributed by atoms with Gasteiger partial charge in [0, 0.05) is 39.3 Å². The van der Waals surface area contributed by atoms with E-state index in [2.05, 4.69) is 10.6 Å². The summed E-state index contributed by atoms with van der Waals surface area (Å²) in [5.74, 6) is -0.0341. The molecule has 0 aromatic rings. The van der Waals surface area contributed by atoms with E-state index >= 15 is 0 Å². The van der Waals surface area contributed by atoms with Crippen LogP contribution in [-0.2, 0) is 22.9 Å². The van der Waals surface area contributed by atoms with Crippen molar-refractivity contribution in [2.75, 3.05) is 26.4 Å². The van der Waals surface area contributed by atoms with Gasteiger partial charge in [0.2, 0.25) is 11.8 Å². The fraction of sp³-hybridized carbons (Fsp3) is 0.882. The molecular weight excluding hydrogens is 340 g/mol. The highest BCUT2D eigenvalue weighted by atomic mass is 28.4. The Bertz CT molecular complexity index is 376. The van der Waals surface area contributed by atoms with Gasteiger partial charge in [-0.3, -0.25) is 9.59 Å². The normalized spacial score (nSPS) is 12.9. The van der Waals surface area contributed by atoms with Crippen LogP contribution in [0, 0.1) is 5.92 Å². The van der Waals surface area contributed by atoms with Gasteiger partial charge in [-0.05, 0) is 39.5 Å². The molecule has 0 aliphatic rings. The lowest BCUT2D eigenvalue weighted by molar-refractivity contribution is -0.128. The largest absolute Gasteiger partial charge is 0.500 e. The van der Waals surface area contributed by atoms with Crippen molar-refractivity contribution in [2.24, 2.45) is 5.92 Å². The van der Waals surface area contributed by atoms with Crippen LogP contribution >= 0.6 is 0 Å². The Morgan fingerprint density at radius 2 is 1.52 bits per heavy atom. The van der Waals surface area contributed by atoms with E-state index in [-0.39, 0.29) is 11.8 Å². The van der Waals surface area contributed by atoms with Crippen LogP contribution in [0.2, 0.25) is 6.04 Å². The molecule has 0 rings (SSSR count). The van der Waals surface area contributed by atoms with Crippen LogP contribution in [0.4, 0.5) is 0 Å². The van der Waals surface area contributed by atoms with Gasteiger partial charge in [0.15, 0.2) is 0 Å². The number of amides is 2. The van der Waals surface area contributed by atoms with E-state index in [9.17, 15) is 9.59 Å². The van der Waals surface area contributed by atoms with Gasteiger partial charge in [-0.25, -0.2) is 0 Å². The molecule has 0 radical (unpaired) electrons. The molecule has 0 bridgehead atoms. The van der Waals surface area contributed by atoms with Crippen LogP contribution < -0.4 is 10.6 Å². The molecule has 2 amide bonds. The lowest BCUT2D eigenvalue weighted by Gasteiger charge is -2.28. The summed E-state index contributed by atoms with van der Waals surface area (Å²) in [6.07, 6.45) is 1.31. The van der Waals surface area contributed by atoms with Gasteiger partial charge in [-0.1, -0.05) is 13.8 Å². The Balaban J connectivity index is 4.52. The summed E-state index contributed by atoms with van der Waals surface area (Å²) in [6.45, 7) is 13.3. The zero-order valence-corrected chi connectivity index (χ0v) is 17.6. The first kappa shape index (κ1) is 24.0. The summed E-state index contributed by atoms with van der Waals surface area (Å²) >= 11 is 0. The highest BCUT2D eigenvalue weighted by molar-refractivity contribution is 6.60. The standard InChI is InChI=1S/C17H36N2O5Si/c1-7-22-25(23-8-2,24-9-3)12-10-11-18-17(21)16(13-14(4)5)19-15(6)20/h14,16H,7-13H2,1-6H3,(H,18,21)(H,19,20)/t16-/m0/s1. The first-order chi connectivity index (χ1) is 11.8. The quantitative estimate of drug-likeness (QED) is 0.358. The van der Waals surface area contributed by atoms with Crippen molar-refractivity contribution in [3.05, 3.63) is 0 Å². The predicted molar refractivity (Wildman–Crippen MR) is 100 cm³/mol. The van der Waals surface area contributed by atoms with Gasteiger partial charge in [-0.2, -0.15) is 0 Å². The number of rotatable bonds is 14. The fourth-order valence-corrected chi connectivity index (χ4v) is 5.20. The van der Waals surface area contributed by atoms with Gasteiger partial charge in [0.05, 0.1) is 0 Å². The Morgan fingerprint density at radius 1 is 1.00 bits per heavy atom. The third kappa shape index (κ3) is 10.6. The lowest BCUT2D eigenvalue weighted by Crippen LogP contribution is -2.48. The third-order valence-corrected chi connectivity index (χ3v) is 6.60. The summed E-state index contributed by atoms with van der Waals surface area (Å²) in [5, 5.41) is 5.61. The van der Waals surface area contributed by atoms with Crippen molar-refractivity contribution < 1.29 is 22.9 Å². The summed E-state index contributed by atoms with van der Waals surface area (Å²) in [5.41, 5.74) is 0. The van der Waals surface area contributed by atoms with Gasteiger partial charge in [-0.15, -0.1) is 0 Å². The predicted octanol–water partition coefficient (Wildman–Crippen LogP) is 2.09. The number of carbonyl (C=O) groups excluding carboxylic acids is 2. The minimum absolute atomic E-state index is 0.152. The molecule has 0 saturated carbocycles. The Labute approximate surface area is 153 Å². The highest BCUT2D eigenvalue weighted by Gasteiger charge is 2.39. The third-order valence-electron chi connectivity index (χ3n) is 3.45. The first-order valence-corrected chi connectivity index (χ1v) is 11.2. The summed E-state index contributed by atoms with van der Waals surface area (Å²) in [7, 11) is -2.67. The van der Waals surface area contributed by atoms with Crippen LogP contribution in [-0.4, -0.2) is 53.0 Å². The topological polar surface area (TPSA) is 85.9 Å². The highest BCUT2D eigenvalue weighted by Crippen LogP contribution is 2.17. The van der Waals surface area contributed by atoms with Crippen LogP contribution in [0.25, 0.3) is 0 Å². The maximum atomic E-state index is 12.3. The number of hydrogen-bond acceptors (Lipinski definition) is 5. The fourth-order valence-electron chi connectivity index (χ4n) is 2.59. The van der Waals surface area contributed by atoms with Crippen molar-refractivity contribution in [2.45, 2.75) is 66.5 Å². The Morgan fingerprint density at radius 3 is 1.92 bits per heavy atom. The van der Waals surface area contributed by atoms with Crippen molar-refractivity contribution in [3.8, 4) is 0 Å². The van der Waals surface area contributed by atoms with E-state index in [1.807, 2.05) is 34.6 Å². The van der Waals surface area contributed by atoms with E-state index in [0.717, 1.165) is 0 Å². The maximum Gasteiger partial charge on any atom is 0.500 e. The molecule has 0 spiro atoms. The molecule has 0 heterocycles. The molecule has 0 saturated heterocycles. The average molecular weight is 377 g/mol. The molecule has 0 aromatic heterocycles. The number of carbonyl (C=O) groups is 2. The molecule has 0 aliphatic carbocycles. The maximum absolute atomic E-state index is 12.3. The van der Waals surface area contributed by atoms with E-state index in [1.54, 1.807) is 0 Å². The number of hydrogen-bond donors (Lipinski definition) is 2. The molecule has 0 unspecified atom stereocenters. The zero-order valence-electron chi connectivity index (χ0n) is 16.6. The molecule has 148 valence electrons. The van der Waals surface area contributed by atoms with Crippen molar-refractivity contribution in [3.63, 3.8) is 0 Å². The van der Waals surface area contributed by atoms with E-state index in [1.165, 1.54) is 6.92 Å². The molecule has 8 heteroatoms. The van der Waals surface area contributed by atoms with Crippen molar-refractivity contribution in [1.29, 1.82) is 0 Å². The molecule has 1 atom stereocenters. The first-order valence-electron chi connectivity index (χ1n) is 9.26. The summed E-state index contributed by atoms with van der Waals surface area (Å²) < 4.78 is 17.4.